The lowest BCUT2D eigenvalue weighted by atomic mass is 9.96. The Hall–Kier alpha value is -3.71. The minimum atomic E-state index is -1.87. The van der Waals surface area contributed by atoms with E-state index in [9.17, 15) is 61.0 Å². The predicted octanol–water partition coefficient (Wildman–Crippen LogP) is -2.89. The van der Waals surface area contributed by atoms with Gasteiger partial charge in [0.25, 0.3) is 0 Å². The van der Waals surface area contributed by atoms with Crippen LogP contribution in [0.15, 0.2) is 42.5 Å². The molecule has 0 spiro atoms. The van der Waals surface area contributed by atoms with Crippen LogP contribution in [0.25, 0.3) is 6.08 Å². The average molecular weight is 801 g/mol. The number of phenolic OH excluding ortho intramolecular Hbond substituents is 3. The van der Waals surface area contributed by atoms with Gasteiger partial charge >= 0.3 is 5.97 Å². The fourth-order valence-corrected chi connectivity index (χ4v) is 6.29. The summed E-state index contributed by atoms with van der Waals surface area (Å²) >= 11 is 0. The van der Waals surface area contributed by atoms with E-state index < -0.39 is 123 Å². The molecule has 0 radical (unpaired) electrons. The largest absolute Gasteiger partial charge is 0.504 e. The molecule has 56 heavy (non-hydrogen) atoms. The van der Waals surface area contributed by atoms with Crippen LogP contribution >= 0.6 is 0 Å². The van der Waals surface area contributed by atoms with Gasteiger partial charge in [-0.05, 0) is 54.8 Å². The highest BCUT2D eigenvalue weighted by molar-refractivity contribution is 5.87. The smallest absolute Gasteiger partial charge is 0.331 e. The minimum absolute atomic E-state index is 0.0961. The monoisotopic (exact) mass is 800 g/mol. The molecular weight excluding hydrogens is 752 g/mol. The molecule has 20 heteroatoms. The Morgan fingerprint density at radius 2 is 1.38 bits per heavy atom. The number of carbonyl (C=O) groups excluding carboxylic acids is 1. The molecular formula is C36H48O20. The number of aromatic hydroxyl groups is 3. The van der Waals surface area contributed by atoms with Crippen molar-refractivity contribution in [1.29, 1.82) is 0 Å². The molecule has 3 aliphatic heterocycles. The number of esters is 1. The van der Waals surface area contributed by atoms with Crippen molar-refractivity contribution in [2.75, 3.05) is 26.9 Å². The Bertz CT molecular complexity index is 1620. The minimum Gasteiger partial charge on any atom is -0.504 e. The number of aliphatic hydroxyl groups is 8. The van der Waals surface area contributed by atoms with E-state index in [1.807, 2.05) is 0 Å². The van der Waals surface area contributed by atoms with Crippen molar-refractivity contribution in [3.05, 3.63) is 53.6 Å². The van der Waals surface area contributed by atoms with Crippen LogP contribution in [0.1, 0.15) is 18.1 Å². The molecule has 5 rings (SSSR count). The lowest BCUT2D eigenvalue weighted by molar-refractivity contribution is -0.364. The van der Waals surface area contributed by atoms with E-state index in [2.05, 4.69) is 0 Å². The number of phenols is 3. The molecule has 3 heterocycles. The zero-order chi connectivity index (χ0) is 40.8. The Morgan fingerprint density at radius 1 is 0.714 bits per heavy atom. The Balaban J connectivity index is 1.44. The number of aliphatic hydroxyl groups excluding tert-OH is 8. The first-order valence-corrected chi connectivity index (χ1v) is 17.6. The van der Waals surface area contributed by atoms with Gasteiger partial charge in [0.1, 0.15) is 61.0 Å². The zero-order valence-corrected chi connectivity index (χ0v) is 30.2. The maximum Gasteiger partial charge on any atom is 0.331 e. The molecule has 0 aliphatic carbocycles. The zero-order valence-electron chi connectivity index (χ0n) is 30.2. The summed E-state index contributed by atoms with van der Waals surface area (Å²) in [7, 11) is 1.37. The van der Waals surface area contributed by atoms with E-state index in [4.69, 9.17) is 37.9 Å². The second-order valence-corrected chi connectivity index (χ2v) is 13.5. The van der Waals surface area contributed by atoms with Gasteiger partial charge in [-0.2, -0.15) is 0 Å². The van der Waals surface area contributed by atoms with Crippen LogP contribution in [0.5, 0.6) is 23.0 Å². The average Bonchev–Trinajstić information content (AvgIpc) is 3.18. The van der Waals surface area contributed by atoms with Crippen molar-refractivity contribution in [2.45, 2.75) is 105 Å². The van der Waals surface area contributed by atoms with E-state index >= 15 is 0 Å². The molecule has 15 unspecified atom stereocenters. The van der Waals surface area contributed by atoms with Crippen LogP contribution in [-0.4, -0.2) is 181 Å². The van der Waals surface area contributed by atoms with Gasteiger partial charge in [0.15, 0.2) is 48.0 Å². The quantitative estimate of drug-likeness (QED) is 0.0519. The van der Waals surface area contributed by atoms with Gasteiger partial charge in [0.2, 0.25) is 0 Å². The van der Waals surface area contributed by atoms with Gasteiger partial charge in [-0.3, -0.25) is 0 Å². The molecule has 312 valence electrons. The topological polar surface area (TPSA) is 313 Å². The number of hydrogen-bond donors (Lipinski definition) is 11. The summed E-state index contributed by atoms with van der Waals surface area (Å²) in [6.07, 6.45) is -22.3. The summed E-state index contributed by atoms with van der Waals surface area (Å²) in [5, 5.41) is 113. The van der Waals surface area contributed by atoms with Crippen LogP contribution in [0.2, 0.25) is 0 Å². The third-order valence-corrected chi connectivity index (χ3v) is 9.57. The Kier molecular flexibility index (Phi) is 14.9. The first-order chi connectivity index (χ1) is 26.6. The van der Waals surface area contributed by atoms with Crippen LogP contribution in [0, 0.1) is 0 Å². The molecule has 20 nitrogen and oxygen atoms in total. The van der Waals surface area contributed by atoms with Crippen LogP contribution < -0.4 is 4.74 Å². The SMILES string of the molecule is COc1cc(CCOC2OC(COC3OC(CO)C(O)C(O)C3O)C(OC(=O)/C=C/c3ccc(O)c(O)c3)C(OC3OC(C)C(O)C(O)C3O)C2O)ccc1O. The standard InChI is InChI=1S/C36H48O20/c1-15-25(42)27(44)30(47)36(52-15)56-33-31(48)35(50-10-9-17-4-7-19(39)21(12-17)49-2)54-23(14-51-34-29(46)28(45)26(43)22(13-37)53-34)32(33)55-24(41)8-5-16-3-6-18(38)20(40)11-16/h3-8,11-12,15,22-23,25-40,42-48H,9-10,13-14H2,1-2H3/b8-5+. The van der Waals surface area contributed by atoms with E-state index in [0.717, 1.165) is 12.1 Å². The number of carbonyl (C=O) groups is 1. The first-order valence-electron chi connectivity index (χ1n) is 17.6. The maximum atomic E-state index is 13.3. The van der Waals surface area contributed by atoms with Crippen molar-refractivity contribution in [3.63, 3.8) is 0 Å². The van der Waals surface area contributed by atoms with Crippen molar-refractivity contribution < 1.29 is 98.9 Å². The van der Waals surface area contributed by atoms with Crippen LogP contribution in [0.4, 0.5) is 0 Å². The van der Waals surface area contributed by atoms with Gasteiger partial charge in [0.05, 0.1) is 33.0 Å². The summed E-state index contributed by atoms with van der Waals surface area (Å²) in [4.78, 5) is 13.3. The maximum absolute atomic E-state index is 13.3. The molecule has 3 saturated heterocycles. The fraction of sp³-hybridized carbons (Fsp3) is 0.583. The summed E-state index contributed by atoms with van der Waals surface area (Å²) < 4.78 is 45.6. The van der Waals surface area contributed by atoms with E-state index in [1.54, 1.807) is 12.1 Å². The summed E-state index contributed by atoms with van der Waals surface area (Å²) in [6.45, 7) is -0.158. The van der Waals surface area contributed by atoms with Crippen molar-refractivity contribution in [2.24, 2.45) is 0 Å². The third kappa shape index (κ3) is 10.0. The lowest BCUT2D eigenvalue weighted by Gasteiger charge is -2.47. The van der Waals surface area contributed by atoms with Gasteiger partial charge in [-0.1, -0.05) is 12.1 Å². The highest BCUT2D eigenvalue weighted by Gasteiger charge is 2.53. The number of benzene rings is 2. The van der Waals surface area contributed by atoms with Gasteiger partial charge in [-0.15, -0.1) is 0 Å². The molecule has 0 bridgehead atoms. The highest BCUT2D eigenvalue weighted by Crippen LogP contribution is 2.33. The molecule has 3 aliphatic rings. The summed E-state index contributed by atoms with van der Waals surface area (Å²) in [6, 6.07) is 8.31. The second kappa shape index (κ2) is 19.2. The Morgan fingerprint density at radius 3 is 2.07 bits per heavy atom. The molecule has 3 fully saturated rings. The number of hydrogen-bond acceptors (Lipinski definition) is 20. The number of ether oxygens (including phenoxy) is 8. The molecule has 15 atom stereocenters. The van der Waals surface area contributed by atoms with Gasteiger partial charge in [0, 0.05) is 6.08 Å². The van der Waals surface area contributed by atoms with Crippen LogP contribution in [-0.2, 0) is 44.4 Å². The summed E-state index contributed by atoms with van der Waals surface area (Å²) in [5.74, 6) is -1.84. The van der Waals surface area contributed by atoms with Crippen molar-refractivity contribution >= 4 is 12.0 Å². The third-order valence-electron chi connectivity index (χ3n) is 9.57. The second-order valence-electron chi connectivity index (χ2n) is 13.5. The molecule has 11 N–H and O–H groups in total. The van der Waals surface area contributed by atoms with Crippen molar-refractivity contribution in [1.82, 2.24) is 0 Å². The lowest BCUT2D eigenvalue weighted by Crippen LogP contribution is -2.65. The Labute approximate surface area is 319 Å². The fourth-order valence-electron chi connectivity index (χ4n) is 6.29. The number of methoxy groups -OCH3 is 1. The number of rotatable bonds is 14. The molecule has 0 aromatic heterocycles. The van der Waals surface area contributed by atoms with E-state index in [1.165, 1.54) is 38.3 Å². The van der Waals surface area contributed by atoms with Crippen molar-refractivity contribution in [3.8, 4) is 23.0 Å². The molecule has 0 saturated carbocycles. The normalized spacial score (nSPS) is 36.4. The van der Waals surface area contributed by atoms with Gasteiger partial charge in [-0.25, -0.2) is 4.79 Å². The van der Waals surface area contributed by atoms with E-state index in [-0.39, 0.29) is 30.1 Å². The van der Waals surface area contributed by atoms with Crippen LogP contribution in [0.3, 0.4) is 0 Å². The molecule has 0 amide bonds. The van der Waals surface area contributed by atoms with Gasteiger partial charge < -0.3 is 94.1 Å². The first kappa shape index (κ1) is 43.4. The van der Waals surface area contributed by atoms with E-state index in [0.29, 0.717) is 5.56 Å². The predicted molar refractivity (Wildman–Crippen MR) is 185 cm³/mol. The molecule has 2 aromatic carbocycles. The molecule has 2 aromatic rings. The highest BCUT2D eigenvalue weighted by atomic mass is 16.8. The summed E-state index contributed by atoms with van der Waals surface area (Å²) in [5.41, 5.74) is 0.925.